The number of nitrogens with zero attached hydrogens (tertiary/aromatic N) is 1. The molecule has 2 N–H and O–H groups in total. The summed E-state index contributed by atoms with van der Waals surface area (Å²) in [7, 11) is 0. The summed E-state index contributed by atoms with van der Waals surface area (Å²) in [6, 6.07) is 10.3. The summed E-state index contributed by atoms with van der Waals surface area (Å²) in [6.07, 6.45) is 5.97. The summed E-state index contributed by atoms with van der Waals surface area (Å²) in [6.45, 7) is 0. The van der Waals surface area contributed by atoms with Crippen LogP contribution >= 0.6 is 0 Å². The third-order valence-electron chi connectivity index (χ3n) is 4.44. The maximum absolute atomic E-state index is 12.4. The minimum absolute atomic E-state index is 0.0372. The van der Waals surface area contributed by atoms with E-state index in [0.29, 0.717) is 5.82 Å². The summed E-state index contributed by atoms with van der Waals surface area (Å²) < 4.78 is 0. The normalized spacial score (nSPS) is 20.5. The minimum atomic E-state index is -0.0431. The van der Waals surface area contributed by atoms with Crippen LogP contribution in [-0.4, -0.2) is 9.97 Å². The van der Waals surface area contributed by atoms with E-state index in [0.717, 1.165) is 18.4 Å². The van der Waals surface area contributed by atoms with Crippen molar-refractivity contribution < 1.29 is 0 Å². The molecule has 1 unspecified atom stereocenters. The number of hydrogen-bond donors (Lipinski definition) is 2. The summed E-state index contributed by atoms with van der Waals surface area (Å²) in [5, 5.41) is 3.39. The molecule has 0 bridgehead atoms. The Balaban J connectivity index is 1.96. The Labute approximate surface area is 122 Å². The summed E-state index contributed by atoms with van der Waals surface area (Å²) in [5.41, 5.74) is 4.51. The van der Waals surface area contributed by atoms with Gasteiger partial charge in [-0.2, -0.15) is 0 Å². The lowest BCUT2D eigenvalue weighted by Crippen LogP contribution is -2.28. The van der Waals surface area contributed by atoms with E-state index in [4.69, 9.17) is 0 Å². The highest BCUT2D eigenvalue weighted by Crippen LogP contribution is 2.44. The highest BCUT2D eigenvalue weighted by Gasteiger charge is 2.33. The van der Waals surface area contributed by atoms with Crippen molar-refractivity contribution in [3.05, 3.63) is 69.4 Å². The molecule has 2 aromatic rings. The second-order valence-electron chi connectivity index (χ2n) is 5.67. The third-order valence-corrected chi connectivity index (χ3v) is 4.44. The largest absolute Gasteiger partial charge is 0.343 e. The van der Waals surface area contributed by atoms with Gasteiger partial charge in [0.1, 0.15) is 5.82 Å². The lowest BCUT2D eigenvalue weighted by atomic mass is 9.77. The van der Waals surface area contributed by atoms with Gasteiger partial charge >= 0.3 is 0 Å². The average Bonchev–Trinajstić information content (AvgIpc) is 2.54. The van der Waals surface area contributed by atoms with E-state index in [1.54, 1.807) is 0 Å². The van der Waals surface area contributed by atoms with E-state index in [1.165, 1.54) is 36.0 Å². The number of allylic oxidation sites excluding steroid dienone is 2. The molecule has 2 aliphatic rings. The number of nitrogens with one attached hydrogen (secondary N) is 2. The second kappa shape index (κ2) is 4.88. The van der Waals surface area contributed by atoms with Crippen LogP contribution in [-0.2, 0) is 0 Å². The van der Waals surface area contributed by atoms with Crippen molar-refractivity contribution >= 4 is 5.82 Å². The van der Waals surface area contributed by atoms with Crippen molar-refractivity contribution in [3.63, 3.8) is 0 Å². The Morgan fingerprint density at radius 1 is 1.10 bits per heavy atom. The number of hydrogen-bond acceptors (Lipinski definition) is 3. The van der Waals surface area contributed by atoms with Gasteiger partial charge in [-0.25, -0.2) is 4.98 Å². The number of H-pyrrole nitrogens is 1. The second-order valence-corrected chi connectivity index (χ2v) is 5.67. The topological polar surface area (TPSA) is 57.8 Å². The zero-order valence-electron chi connectivity index (χ0n) is 11.7. The number of anilines is 1. The minimum Gasteiger partial charge on any atom is -0.343 e. The Morgan fingerprint density at radius 2 is 1.90 bits per heavy atom. The zero-order valence-corrected chi connectivity index (χ0v) is 11.7. The Bertz CT molecular complexity index is 761. The molecule has 1 aliphatic carbocycles. The molecule has 1 aromatic carbocycles. The third kappa shape index (κ3) is 1.98. The summed E-state index contributed by atoms with van der Waals surface area (Å²) in [4.78, 5) is 19.4. The Kier molecular flexibility index (Phi) is 2.88. The van der Waals surface area contributed by atoms with Gasteiger partial charge in [0.15, 0.2) is 0 Å². The van der Waals surface area contributed by atoms with Gasteiger partial charge in [0.05, 0.1) is 11.9 Å². The van der Waals surface area contributed by atoms with Gasteiger partial charge in [-0.1, -0.05) is 30.3 Å². The van der Waals surface area contributed by atoms with Gasteiger partial charge in [-0.3, -0.25) is 4.79 Å². The van der Waals surface area contributed by atoms with Gasteiger partial charge in [-0.05, 0) is 36.8 Å². The van der Waals surface area contributed by atoms with Gasteiger partial charge in [-0.15, -0.1) is 0 Å². The smallest absolute Gasteiger partial charge is 0.256 e. The van der Waals surface area contributed by atoms with Crippen LogP contribution in [0.4, 0.5) is 5.82 Å². The Hall–Kier alpha value is -2.36. The van der Waals surface area contributed by atoms with Gasteiger partial charge in [0.2, 0.25) is 0 Å². The van der Waals surface area contributed by atoms with Crippen LogP contribution in [0, 0.1) is 0 Å². The molecule has 2 heterocycles. The highest BCUT2D eigenvalue weighted by molar-refractivity contribution is 5.61. The average molecular weight is 279 g/mol. The molecule has 0 saturated carbocycles. The SMILES string of the molecule is O=c1[nH]cnc2c1C(c1ccccc1)C1=C(CCCC1)N2. The quantitative estimate of drug-likeness (QED) is 0.843. The standard InChI is InChI=1S/C17H17N3O/c21-17-15-14(11-6-2-1-3-7-11)12-8-4-5-9-13(12)20-16(15)18-10-19-17/h1-3,6-7,10,14H,4-5,8-9H2,(H2,18,19,20,21). The van der Waals surface area contributed by atoms with Crippen molar-refractivity contribution in [2.45, 2.75) is 31.6 Å². The van der Waals surface area contributed by atoms with Gasteiger partial charge in [0, 0.05) is 11.6 Å². The van der Waals surface area contributed by atoms with Gasteiger partial charge < -0.3 is 10.3 Å². The van der Waals surface area contributed by atoms with E-state index in [9.17, 15) is 4.79 Å². The molecule has 21 heavy (non-hydrogen) atoms. The molecular weight excluding hydrogens is 262 g/mol. The summed E-state index contributed by atoms with van der Waals surface area (Å²) in [5.74, 6) is 0.753. The van der Waals surface area contributed by atoms with Crippen LogP contribution in [0.1, 0.15) is 42.7 Å². The molecule has 1 atom stereocenters. The first-order valence-corrected chi connectivity index (χ1v) is 7.46. The predicted octanol–water partition coefficient (Wildman–Crippen LogP) is 3.16. The highest BCUT2D eigenvalue weighted by atomic mass is 16.1. The first-order valence-electron chi connectivity index (χ1n) is 7.46. The number of benzene rings is 1. The molecular formula is C17H17N3O. The molecule has 4 nitrogen and oxygen atoms in total. The molecule has 1 aliphatic heterocycles. The Morgan fingerprint density at radius 3 is 2.76 bits per heavy atom. The number of aromatic nitrogens is 2. The van der Waals surface area contributed by atoms with Crippen LogP contribution in [0.2, 0.25) is 0 Å². The predicted molar refractivity (Wildman–Crippen MR) is 82.3 cm³/mol. The number of rotatable bonds is 1. The zero-order chi connectivity index (χ0) is 14.2. The van der Waals surface area contributed by atoms with Crippen LogP contribution in [0.25, 0.3) is 0 Å². The van der Waals surface area contributed by atoms with Crippen LogP contribution in [0.5, 0.6) is 0 Å². The first-order chi connectivity index (χ1) is 10.3. The fraction of sp³-hybridized carbons (Fsp3) is 0.294. The molecule has 0 spiro atoms. The fourth-order valence-corrected chi connectivity index (χ4v) is 3.50. The van der Waals surface area contributed by atoms with Crippen LogP contribution in [0.3, 0.4) is 0 Å². The van der Waals surface area contributed by atoms with E-state index >= 15 is 0 Å². The molecule has 4 heteroatoms. The maximum Gasteiger partial charge on any atom is 0.256 e. The van der Waals surface area contributed by atoms with Crippen molar-refractivity contribution in [2.75, 3.05) is 5.32 Å². The monoisotopic (exact) mass is 279 g/mol. The van der Waals surface area contributed by atoms with Gasteiger partial charge in [0.25, 0.3) is 5.56 Å². The van der Waals surface area contributed by atoms with Crippen LogP contribution < -0.4 is 10.9 Å². The van der Waals surface area contributed by atoms with E-state index in [1.807, 2.05) is 18.2 Å². The molecule has 106 valence electrons. The molecule has 0 fully saturated rings. The maximum atomic E-state index is 12.4. The van der Waals surface area contributed by atoms with E-state index in [-0.39, 0.29) is 11.5 Å². The lowest BCUT2D eigenvalue weighted by molar-refractivity contribution is 0.631. The molecule has 4 rings (SSSR count). The molecule has 0 saturated heterocycles. The molecule has 0 amide bonds. The fourth-order valence-electron chi connectivity index (χ4n) is 3.50. The molecule has 0 radical (unpaired) electrons. The first kappa shape index (κ1) is 12.4. The van der Waals surface area contributed by atoms with E-state index in [2.05, 4.69) is 27.4 Å². The summed E-state index contributed by atoms with van der Waals surface area (Å²) >= 11 is 0. The van der Waals surface area contributed by atoms with Crippen molar-refractivity contribution in [3.8, 4) is 0 Å². The number of fused-ring (bicyclic) bond motifs is 1. The number of aromatic amines is 1. The lowest BCUT2D eigenvalue weighted by Gasteiger charge is -2.33. The van der Waals surface area contributed by atoms with Crippen molar-refractivity contribution in [1.82, 2.24) is 9.97 Å². The van der Waals surface area contributed by atoms with Crippen molar-refractivity contribution in [2.24, 2.45) is 0 Å². The van der Waals surface area contributed by atoms with Crippen LogP contribution in [0.15, 0.2) is 52.7 Å². The molecule has 1 aromatic heterocycles. The van der Waals surface area contributed by atoms with Crippen molar-refractivity contribution in [1.29, 1.82) is 0 Å². The van der Waals surface area contributed by atoms with E-state index < -0.39 is 0 Å².